The molecule has 0 fully saturated rings. The number of aryl methyl sites for hydroxylation is 1. The number of anilines is 2. The first-order chi connectivity index (χ1) is 8.38. The quantitative estimate of drug-likeness (QED) is 0.873. The second-order valence-electron chi connectivity index (χ2n) is 3.67. The normalized spacial score (nSPS) is 11.4. The van der Waals surface area contributed by atoms with Gasteiger partial charge in [-0.05, 0) is 12.1 Å². The molecule has 0 radical (unpaired) electrons. The highest BCUT2D eigenvalue weighted by atomic mass is 32.2. The van der Waals surface area contributed by atoms with Crippen LogP contribution >= 0.6 is 11.3 Å². The number of thiophene rings is 1. The summed E-state index contributed by atoms with van der Waals surface area (Å²) in [6.45, 7) is 0. The van der Waals surface area contributed by atoms with Gasteiger partial charge < -0.3 is 10.3 Å². The molecule has 8 heteroatoms. The zero-order valence-electron chi connectivity index (χ0n) is 9.45. The summed E-state index contributed by atoms with van der Waals surface area (Å²) in [5.41, 5.74) is 6.00. The maximum atomic E-state index is 12.0. The van der Waals surface area contributed by atoms with Crippen LogP contribution in [-0.2, 0) is 17.1 Å². The van der Waals surface area contributed by atoms with Gasteiger partial charge >= 0.3 is 0 Å². The zero-order chi connectivity index (χ0) is 13.3. The molecule has 0 bridgehead atoms. The second-order valence-corrected chi connectivity index (χ2v) is 6.49. The monoisotopic (exact) mass is 285 g/mol. The topological polar surface area (TPSA) is 94.2 Å². The van der Waals surface area contributed by atoms with Crippen LogP contribution in [0.2, 0.25) is 0 Å². The Hall–Kier alpha value is -1.80. The second kappa shape index (κ2) is 4.46. The molecule has 96 valence electrons. The average Bonchev–Trinajstić information content (AvgIpc) is 2.71. The van der Waals surface area contributed by atoms with Crippen molar-refractivity contribution in [2.45, 2.75) is 4.21 Å². The number of aromatic nitrogens is 1. The minimum atomic E-state index is -3.65. The van der Waals surface area contributed by atoms with E-state index in [1.54, 1.807) is 12.4 Å². The number of hydrogen-bond acceptors (Lipinski definition) is 5. The van der Waals surface area contributed by atoms with Crippen LogP contribution in [0.1, 0.15) is 0 Å². The fraction of sp³-hybridized carbons (Fsp3) is 0.100. The van der Waals surface area contributed by atoms with Gasteiger partial charge in [-0.3, -0.25) is 9.52 Å². The third-order valence-electron chi connectivity index (χ3n) is 2.20. The number of nitrogens with one attached hydrogen (secondary N) is 1. The average molecular weight is 285 g/mol. The highest BCUT2D eigenvalue weighted by Gasteiger charge is 2.16. The van der Waals surface area contributed by atoms with E-state index in [2.05, 4.69) is 4.72 Å². The van der Waals surface area contributed by atoms with Crippen molar-refractivity contribution in [1.29, 1.82) is 0 Å². The molecule has 3 N–H and O–H groups in total. The minimum Gasteiger partial charge on any atom is -0.398 e. The van der Waals surface area contributed by atoms with Gasteiger partial charge in [0.25, 0.3) is 10.0 Å². The number of sulfonamides is 1. The summed E-state index contributed by atoms with van der Waals surface area (Å²) in [5, 5.41) is 1.55. The van der Waals surface area contributed by atoms with Crippen molar-refractivity contribution in [3.63, 3.8) is 0 Å². The fourth-order valence-corrected chi connectivity index (χ4v) is 3.45. The van der Waals surface area contributed by atoms with Gasteiger partial charge in [-0.25, -0.2) is 8.42 Å². The Morgan fingerprint density at radius 2 is 2.11 bits per heavy atom. The molecule has 0 saturated heterocycles. The van der Waals surface area contributed by atoms with Crippen LogP contribution in [0.25, 0.3) is 0 Å². The molecule has 0 aliphatic carbocycles. The Kier molecular flexibility index (Phi) is 3.14. The predicted molar refractivity (Wildman–Crippen MR) is 71.2 cm³/mol. The summed E-state index contributed by atoms with van der Waals surface area (Å²) in [4.78, 5) is 11.2. The molecule has 0 saturated carbocycles. The third kappa shape index (κ3) is 2.54. The van der Waals surface area contributed by atoms with Crippen LogP contribution in [0.5, 0.6) is 0 Å². The number of nitrogen functional groups attached to an aromatic ring is 1. The Morgan fingerprint density at radius 3 is 2.67 bits per heavy atom. The molecule has 2 heterocycles. The van der Waals surface area contributed by atoms with E-state index in [1.165, 1.54) is 29.0 Å². The Balaban J connectivity index is 2.33. The Labute approximate surface area is 108 Å². The summed E-state index contributed by atoms with van der Waals surface area (Å²) in [6.07, 6.45) is 1.41. The van der Waals surface area contributed by atoms with Gasteiger partial charge in [0, 0.05) is 30.4 Å². The van der Waals surface area contributed by atoms with Crippen LogP contribution in [0.15, 0.2) is 38.8 Å². The van der Waals surface area contributed by atoms with Gasteiger partial charge in [0.15, 0.2) is 0 Å². The van der Waals surface area contributed by atoms with Crippen LogP contribution in [0, 0.1) is 0 Å². The SMILES string of the molecule is Cn1cc(NS(=O)(=O)c2cc(N)cs2)ccc1=O. The van der Waals surface area contributed by atoms with E-state index in [1.807, 2.05) is 0 Å². The molecular formula is C10H11N3O3S2. The fourth-order valence-electron chi connectivity index (χ4n) is 1.33. The maximum absolute atomic E-state index is 12.0. The van der Waals surface area contributed by atoms with Crippen molar-refractivity contribution >= 4 is 32.7 Å². The Bertz CT molecular complexity index is 731. The molecule has 0 aliphatic heterocycles. The lowest BCUT2D eigenvalue weighted by molar-refractivity contribution is 0.603. The van der Waals surface area contributed by atoms with Crippen LogP contribution < -0.4 is 16.0 Å². The minimum absolute atomic E-state index is 0.133. The van der Waals surface area contributed by atoms with Crippen molar-refractivity contribution in [2.75, 3.05) is 10.5 Å². The van der Waals surface area contributed by atoms with E-state index >= 15 is 0 Å². The van der Waals surface area contributed by atoms with E-state index in [0.29, 0.717) is 11.4 Å². The van der Waals surface area contributed by atoms with Crippen LogP contribution in [0.3, 0.4) is 0 Å². The van der Waals surface area contributed by atoms with Gasteiger partial charge in [0.1, 0.15) is 4.21 Å². The van der Waals surface area contributed by atoms with Gasteiger partial charge in [-0.15, -0.1) is 11.3 Å². The highest BCUT2D eigenvalue weighted by Crippen LogP contribution is 2.23. The molecule has 0 spiro atoms. The molecule has 0 unspecified atom stereocenters. The summed E-state index contributed by atoms with van der Waals surface area (Å²) in [6, 6.07) is 4.09. The first-order valence-corrected chi connectivity index (χ1v) is 7.28. The molecule has 2 aromatic rings. The van der Waals surface area contributed by atoms with E-state index < -0.39 is 10.0 Å². The van der Waals surface area contributed by atoms with E-state index in [0.717, 1.165) is 11.3 Å². The van der Waals surface area contributed by atoms with Crippen molar-refractivity contribution in [3.8, 4) is 0 Å². The van der Waals surface area contributed by atoms with E-state index in [-0.39, 0.29) is 9.77 Å². The number of nitrogens with zero attached hydrogens (tertiary/aromatic N) is 1. The summed E-state index contributed by atoms with van der Waals surface area (Å²) < 4.78 is 27.7. The number of pyridine rings is 1. The number of rotatable bonds is 3. The molecule has 0 atom stereocenters. The van der Waals surface area contributed by atoms with Gasteiger partial charge in [-0.1, -0.05) is 0 Å². The van der Waals surface area contributed by atoms with Crippen molar-refractivity contribution in [2.24, 2.45) is 7.05 Å². The highest BCUT2D eigenvalue weighted by molar-refractivity contribution is 7.94. The van der Waals surface area contributed by atoms with Crippen molar-refractivity contribution in [3.05, 3.63) is 40.1 Å². The van der Waals surface area contributed by atoms with Gasteiger partial charge in [-0.2, -0.15) is 0 Å². The molecule has 2 aromatic heterocycles. The largest absolute Gasteiger partial charge is 0.398 e. The summed E-state index contributed by atoms with van der Waals surface area (Å²) in [7, 11) is -2.10. The van der Waals surface area contributed by atoms with Gasteiger partial charge in [0.05, 0.1) is 5.69 Å². The third-order valence-corrected chi connectivity index (χ3v) is 5.04. The van der Waals surface area contributed by atoms with Gasteiger partial charge in [0.2, 0.25) is 5.56 Å². The standard InChI is InChI=1S/C10H11N3O3S2/c1-13-5-8(2-3-9(13)14)12-18(15,16)10-4-7(11)6-17-10/h2-6,12H,11H2,1H3. The number of nitrogens with two attached hydrogens (primary N) is 1. The van der Waals surface area contributed by atoms with E-state index in [9.17, 15) is 13.2 Å². The van der Waals surface area contributed by atoms with Crippen molar-refractivity contribution < 1.29 is 8.42 Å². The zero-order valence-corrected chi connectivity index (χ0v) is 11.1. The van der Waals surface area contributed by atoms with Crippen LogP contribution in [-0.4, -0.2) is 13.0 Å². The molecule has 6 nitrogen and oxygen atoms in total. The van der Waals surface area contributed by atoms with E-state index in [4.69, 9.17) is 5.73 Å². The lowest BCUT2D eigenvalue weighted by Gasteiger charge is -2.07. The maximum Gasteiger partial charge on any atom is 0.271 e. The summed E-state index contributed by atoms with van der Waals surface area (Å²) >= 11 is 1.04. The molecule has 0 aliphatic rings. The molecule has 18 heavy (non-hydrogen) atoms. The smallest absolute Gasteiger partial charge is 0.271 e. The lowest BCUT2D eigenvalue weighted by atomic mass is 10.4. The molecule has 0 aromatic carbocycles. The van der Waals surface area contributed by atoms with Crippen molar-refractivity contribution in [1.82, 2.24) is 4.57 Å². The first-order valence-electron chi connectivity index (χ1n) is 4.92. The number of hydrogen-bond donors (Lipinski definition) is 2. The first kappa shape index (κ1) is 12.7. The summed E-state index contributed by atoms with van der Waals surface area (Å²) in [5.74, 6) is 0. The molecule has 0 amide bonds. The lowest BCUT2D eigenvalue weighted by Crippen LogP contribution is -2.17. The Morgan fingerprint density at radius 1 is 1.39 bits per heavy atom. The molecular weight excluding hydrogens is 274 g/mol. The van der Waals surface area contributed by atoms with Crippen LogP contribution in [0.4, 0.5) is 11.4 Å². The predicted octanol–water partition coefficient (Wildman–Crippen LogP) is 0.830. The molecule has 2 rings (SSSR count).